The normalized spacial score (nSPS) is 11.8. The lowest BCUT2D eigenvalue weighted by Crippen LogP contribution is -2.39. The van der Waals surface area contributed by atoms with Crippen LogP contribution in [0.1, 0.15) is 10.4 Å². The lowest BCUT2D eigenvalue weighted by Gasteiger charge is -2.25. The molecule has 0 bridgehead atoms. The zero-order chi connectivity index (χ0) is 23.4. The van der Waals surface area contributed by atoms with Crippen LogP contribution in [0, 0.1) is 0 Å². The smallest absolute Gasteiger partial charge is 0.337 e. The van der Waals surface area contributed by atoms with Gasteiger partial charge in [0.05, 0.1) is 16.1 Å². The third-order valence-corrected chi connectivity index (χ3v) is 8.07. The average Bonchev–Trinajstić information content (AvgIpc) is 2.77. The number of hydrogen-bond acceptors (Lipinski definition) is 5. The molecule has 0 aliphatic carbocycles. The number of nitrogens with one attached hydrogen (secondary N) is 1. The summed E-state index contributed by atoms with van der Waals surface area (Å²) in [5.74, 6) is -1.39. The van der Waals surface area contributed by atoms with E-state index in [1.165, 1.54) is 60.7 Å². The molecule has 8 nitrogen and oxygen atoms in total. The van der Waals surface area contributed by atoms with Gasteiger partial charge in [-0.2, -0.15) is 0 Å². The van der Waals surface area contributed by atoms with E-state index in [4.69, 9.17) is 11.6 Å². The first-order chi connectivity index (χ1) is 15.1. The second-order valence-corrected chi connectivity index (χ2v) is 10.6. The van der Waals surface area contributed by atoms with E-state index in [1.54, 1.807) is 18.2 Å². The Morgan fingerprint density at radius 2 is 1.47 bits per heavy atom. The fourth-order valence-corrected chi connectivity index (χ4v) is 5.75. The monoisotopic (exact) mass is 494 g/mol. The number of sulfonamides is 2. The van der Waals surface area contributed by atoms with Gasteiger partial charge in [0.15, 0.2) is 0 Å². The summed E-state index contributed by atoms with van der Waals surface area (Å²) >= 11 is 5.79. The average molecular weight is 495 g/mol. The van der Waals surface area contributed by atoms with Crippen LogP contribution in [-0.2, 0) is 20.0 Å². The molecule has 0 unspecified atom stereocenters. The van der Waals surface area contributed by atoms with Crippen molar-refractivity contribution in [2.45, 2.75) is 9.79 Å². The molecule has 0 aliphatic heterocycles. The van der Waals surface area contributed by atoms with Gasteiger partial charge in [-0.25, -0.2) is 26.4 Å². The van der Waals surface area contributed by atoms with E-state index < -0.39 is 30.9 Å². The number of hydrogen-bond donors (Lipinski definition) is 2. The number of benzene rings is 3. The van der Waals surface area contributed by atoms with Crippen molar-refractivity contribution in [1.82, 2.24) is 4.72 Å². The first-order valence-electron chi connectivity index (χ1n) is 9.28. The van der Waals surface area contributed by atoms with Crippen molar-refractivity contribution in [3.63, 3.8) is 0 Å². The number of carboxylic acid groups (broad SMARTS) is 1. The topological polar surface area (TPSA) is 121 Å². The largest absolute Gasteiger partial charge is 0.478 e. The summed E-state index contributed by atoms with van der Waals surface area (Å²) < 4.78 is 55.2. The van der Waals surface area contributed by atoms with Crippen molar-refractivity contribution in [2.24, 2.45) is 0 Å². The van der Waals surface area contributed by atoms with Crippen molar-refractivity contribution in [3.05, 3.63) is 89.4 Å². The third-order valence-electron chi connectivity index (χ3n) is 4.46. The number of aromatic carboxylic acids is 1. The van der Waals surface area contributed by atoms with Gasteiger partial charge in [-0.05, 0) is 48.5 Å². The Kier molecular flexibility index (Phi) is 7.19. The van der Waals surface area contributed by atoms with Gasteiger partial charge in [0.1, 0.15) is 4.90 Å². The summed E-state index contributed by atoms with van der Waals surface area (Å²) in [4.78, 5) is 11.2. The molecule has 0 atom stereocenters. The van der Waals surface area contributed by atoms with Crippen LogP contribution in [0.4, 0.5) is 5.69 Å². The molecule has 168 valence electrons. The fraction of sp³-hybridized carbons (Fsp3) is 0.0952. The van der Waals surface area contributed by atoms with Crippen molar-refractivity contribution < 1.29 is 26.7 Å². The Bertz CT molecular complexity index is 1310. The standard InChI is InChI=1S/C21H19ClN2O6S2/c22-16-10-12-18(13-11-16)31(27,28)23-14-15-24(17-6-2-1-3-7-17)32(29,30)20-9-5-4-8-19(20)21(25)26/h1-13,23H,14-15H2,(H,25,26). The molecule has 0 amide bonds. The summed E-state index contributed by atoms with van der Waals surface area (Å²) in [6.07, 6.45) is 0. The maximum Gasteiger partial charge on any atom is 0.337 e. The molecule has 3 rings (SSSR count). The minimum absolute atomic E-state index is 0.0211. The second kappa shape index (κ2) is 9.70. The molecule has 32 heavy (non-hydrogen) atoms. The van der Waals surface area contributed by atoms with E-state index in [0.29, 0.717) is 5.02 Å². The third kappa shape index (κ3) is 5.28. The van der Waals surface area contributed by atoms with Crippen LogP contribution in [-0.4, -0.2) is 41.0 Å². The molecule has 0 fully saturated rings. The van der Waals surface area contributed by atoms with Crippen LogP contribution in [0.2, 0.25) is 5.02 Å². The highest BCUT2D eigenvalue weighted by Gasteiger charge is 2.29. The zero-order valence-corrected chi connectivity index (χ0v) is 18.9. The Balaban J connectivity index is 1.91. The number of halogens is 1. The van der Waals surface area contributed by atoms with E-state index in [9.17, 15) is 26.7 Å². The lowest BCUT2D eigenvalue weighted by molar-refractivity contribution is 0.0692. The maximum atomic E-state index is 13.4. The maximum absolute atomic E-state index is 13.4. The minimum atomic E-state index is -4.32. The van der Waals surface area contributed by atoms with Crippen molar-refractivity contribution in [3.8, 4) is 0 Å². The number of para-hydroxylation sites is 1. The molecule has 0 spiro atoms. The molecule has 0 aliphatic rings. The number of rotatable bonds is 9. The Hall–Kier alpha value is -2.92. The SMILES string of the molecule is O=C(O)c1ccccc1S(=O)(=O)N(CCNS(=O)(=O)c1ccc(Cl)cc1)c1ccccc1. The van der Waals surface area contributed by atoms with Gasteiger partial charge in [-0.3, -0.25) is 4.31 Å². The molecule has 11 heteroatoms. The molecule has 0 heterocycles. The Morgan fingerprint density at radius 1 is 0.875 bits per heavy atom. The highest BCUT2D eigenvalue weighted by molar-refractivity contribution is 7.93. The molecule has 0 aromatic heterocycles. The summed E-state index contributed by atoms with van der Waals surface area (Å²) in [6, 6.07) is 18.8. The van der Waals surface area contributed by atoms with Crippen LogP contribution in [0.5, 0.6) is 0 Å². The first kappa shape index (κ1) is 23.7. The van der Waals surface area contributed by atoms with Gasteiger partial charge in [0.25, 0.3) is 10.0 Å². The van der Waals surface area contributed by atoms with Crippen molar-refractivity contribution in [1.29, 1.82) is 0 Å². The molecule has 2 N–H and O–H groups in total. The quantitative estimate of drug-likeness (QED) is 0.471. The zero-order valence-electron chi connectivity index (χ0n) is 16.5. The lowest BCUT2D eigenvalue weighted by atomic mass is 10.2. The predicted molar refractivity (Wildman–Crippen MR) is 121 cm³/mol. The first-order valence-corrected chi connectivity index (χ1v) is 12.6. The number of anilines is 1. The van der Waals surface area contributed by atoms with Gasteiger partial charge >= 0.3 is 5.97 Å². The minimum Gasteiger partial charge on any atom is -0.478 e. The highest BCUT2D eigenvalue weighted by Crippen LogP contribution is 2.26. The second-order valence-electron chi connectivity index (χ2n) is 6.57. The van der Waals surface area contributed by atoms with Gasteiger partial charge in [-0.1, -0.05) is 41.9 Å². The van der Waals surface area contributed by atoms with Crippen LogP contribution < -0.4 is 9.03 Å². The summed E-state index contributed by atoms with van der Waals surface area (Å²) in [5.41, 5.74) is -0.117. The number of carbonyl (C=O) groups is 1. The van der Waals surface area contributed by atoms with Crippen LogP contribution in [0.3, 0.4) is 0 Å². The van der Waals surface area contributed by atoms with E-state index in [1.807, 2.05) is 0 Å². The molecular formula is C21H19ClN2O6S2. The highest BCUT2D eigenvalue weighted by atomic mass is 35.5. The van der Waals surface area contributed by atoms with Gasteiger partial charge in [-0.15, -0.1) is 0 Å². The van der Waals surface area contributed by atoms with E-state index in [2.05, 4.69) is 4.72 Å². The van der Waals surface area contributed by atoms with Gasteiger partial charge in [0.2, 0.25) is 10.0 Å². The van der Waals surface area contributed by atoms with Crippen LogP contribution in [0.15, 0.2) is 88.7 Å². The van der Waals surface area contributed by atoms with Gasteiger partial charge < -0.3 is 5.11 Å². The molecule has 0 saturated heterocycles. The van der Waals surface area contributed by atoms with E-state index >= 15 is 0 Å². The van der Waals surface area contributed by atoms with Crippen LogP contribution >= 0.6 is 11.6 Å². The molecular weight excluding hydrogens is 476 g/mol. The Labute approximate surface area is 191 Å². The van der Waals surface area contributed by atoms with Crippen molar-refractivity contribution in [2.75, 3.05) is 17.4 Å². The van der Waals surface area contributed by atoms with Crippen molar-refractivity contribution >= 4 is 43.3 Å². The number of nitrogens with zero attached hydrogens (tertiary/aromatic N) is 1. The van der Waals surface area contributed by atoms with Gasteiger partial charge in [0, 0.05) is 18.1 Å². The molecule has 0 radical (unpaired) electrons. The fourth-order valence-electron chi connectivity index (χ4n) is 2.95. The summed E-state index contributed by atoms with van der Waals surface area (Å²) in [7, 11) is -8.23. The Morgan fingerprint density at radius 3 is 2.09 bits per heavy atom. The predicted octanol–water partition coefficient (Wildman–Crippen LogP) is 3.21. The molecule has 3 aromatic rings. The van der Waals surface area contributed by atoms with E-state index in [0.717, 1.165) is 4.31 Å². The van der Waals surface area contributed by atoms with E-state index in [-0.39, 0.29) is 29.2 Å². The molecule has 3 aromatic carbocycles. The summed E-state index contributed by atoms with van der Waals surface area (Å²) in [5, 5.41) is 9.80. The molecule has 0 saturated carbocycles. The summed E-state index contributed by atoms with van der Waals surface area (Å²) in [6.45, 7) is -0.526. The van der Waals surface area contributed by atoms with Crippen LogP contribution in [0.25, 0.3) is 0 Å². The number of carboxylic acids is 1.